The molecule has 4 heteroatoms. The molecule has 0 aromatic carbocycles. The first-order valence-corrected chi connectivity index (χ1v) is 5.29. The van der Waals surface area contributed by atoms with E-state index < -0.39 is 5.97 Å². The predicted octanol–water partition coefficient (Wildman–Crippen LogP) is 1.41. The molecule has 0 aliphatic heterocycles. The molecule has 0 saturated heterocycles. The van der Waals surface area contributed by atoms with Crippen LogP contribution in [-0.2, 0) is 9.59 Å². The lowest BCUT2D eigenvalue weighted by atomic mass is 9.84. The molecule has 0 aliphatic rings. The maximum atomic E-state index is 11.0. The standard InChI is InChI=1S/C12H19NO3/c1-4-5-10(14)13-9-8-12(2,3)7-6-11(15)16/h1H,5-9H2,2-3H3,(H,13,14)(H,15,16). The molecule has 0 aromatic heterocycles. The van der Waals surface area contributed by atoms with Crippen molar-refractivity contribution in [2.45, 2.75) is 39.5 Å². The number of carbonyl (C=O) groups is 2. The molecule has 0 aliphatic carbocycles. The number of hydrogen-bond donors (Lipinski definition) is 2. The van der Waals surface area contributed by atoms with Crippen molar-refractivity contribution in [1.29, 1.82) is 0 Å². The fourth-order valence-corrected chi connectivity index (χ4v) is 1.27. The van der Waals surface area contributed by atoms with E-state index in [1.165, 1.54) is 0 Å². The van der Waals surface area contributed by atoms with Crippen LogP contribution in [-0.4, -0.2) is 23.5 Å². The van der Waals surface area contributed by atoms with Gasteiger partial charge < -0.3 is 10.4 Å². The summed E-state index contributed by atoms with van der Waals surface area (Å²) < 4.78 is 0. The number of carboxylic acid groups (broad SMARTS) is 1. The van der Waals surface area contributed by atoms with Crippen LogP contribution in [0.15, 0.2) is 0 Å². The lowest BCUT2D eigenvalue weighted by Crippen LogP contribution is -2.27. The summed E-state index contributed by atoms with van der Waals surface area (Å²) in [6.07, 6.45) is 6.59. The topological polar surface area (TPSA) is 66.4 Å². The minimum absolute atomic E-state index is 0.0815. The highest BCUT2D eigenvalue weighted by atomic mass is 16.4. The maximum Gasteiger partial charge on any atom is 0.303 e. The number of carboxylic acids is 1. The average molecular weight is 225 g/mol. The largest absolute Gasteiger partial charge is 0.481 e. The molecule has 0 aromatic rings. The molecule has 0 heterocycles. The number of terminal acetylenes is 1. The van der Waals surface area contributed by atoms with Gasteiger partial charge in [-0.25, -0.2) is 0 Å². The van der Waals surface area contributed by atoms with Crippen LogP contribution in [0.4, 0.5) is 0 Å². The summed E-state index contributed by atoms with van der Waals surface area (Å²) in [5.41, 5.74) is -0.0815. The Hall–Kier alpha value is -1.50. The normalized spacial score (nSPS) is 10.6. The maximum absolute atomic E-state index is 11.0. The van der Waals surface area contributed by atoms with Gasteiger partial charge in [0.1, 0.15) is 0 Å². The Labute approximate surface area is 96.4 Å². The first kappa shape index (κ1) is 14.5. The number of hydrogen-bond acceptors (Lipinski definition) is 2. The second kappa shape index (κ2) is 6.89. The summed E-state index contributed by atoms with van der Waals surface area (Å²) in [4.78, 5) is 21.5. The van der Waals surface area contributed by atoms with Crippen LogP contribution in [0.3, 0.4) is 0 Å². The van der Waals surface area contributed by atoms with Gasteiger partial charge in [0.2, 0.25) is 5.91 Å². The van der Waals surface area contributed by atoms with E-state index in [0.717, 1.165) is 6.42 Å². The minimum atomic E-state index is -0.788. The van der Waals surface area contributed by atoms with Gasteiger partial charge in [-0.15, -0.1) is 6.42 Å². The highest BCUT2D eigenvalue weighted by Gasteiger charge is 2.18. The van der Waals surface area contributed by atoms with E-state index in [9.17, 15) is 9.59 Å². The van der Waals surface area contributed by atoms with Crippen LogP contribution in [0.2, 0.25) is 0 Å². The predicted molar refractivity (Wildman–Crippen MR) is 61.7 cm³/mol. The SMILES string of the molecule is C#CCC(=O)NCCC(C)(C)CCC(=O)O. The van der Waals surface area contributed by atoms with E-state index in [0.29, 0.717) is 13.0 Å². The second-order valence-electron chi connectivity index (χ2n) is 4.54. The molecule has 0 radical (unpaired) electrons. The van der Waals surface area contributed by atoms with Gasteiger partial charge in [-0.3, -0.25) is 9.59 Å². The van der Waals surface area contributed by atoms with E-state index in [2.05, 4.69) is 11.2 Å². The Bertz CT molecular complexity index is 289. The summed E-state index contributed by atoms with van der Waals surface area (Å²) in [5.74, 6) is 1.32. The van der Waals surface area contributed by atoms with Gasteiger partial charge in [0.15, 0.2) is 0 Å². The summed E-state index contributed by atoms with van der Waals surface area (Å²) >= 11 is 0. The van der Waals surface area contributed by atoms with Crippen molar-refractivity contribution < 1.29 is 14.7 Å². The van der Waals surface area contributed by atoms with Crippen molar-refractivity contribution in [3.05, 3.63) is 0 Å². The third-order valence-electron chi connectivity index (χ3n) is 2.40. The molecule has 0 saturated carbocycles. The smallest absolute Gasteiger partial charge is 0.303 e. The van der Waals surface area contributed by atoms with Crippen LogP contribution in [0.1, 0.15) is 39.5 Å². The Morgan fingerprint density at radius 1 is 1.38 bits per heavy atom. The van der Waals surface area contributed by atoms with Crippen LogP contribution < -0.4 is 5.32 Å². The Morgan fingerprint density at radius 3 is 2.50 bits per heavy atom. The van der Waals surface area contributed by atoms with Gasteiger partial charge in [-0.2, -0.15) is 0 Å². The van der Waals surface area contributed by atoms with E-state index in [-0.39, 0.29) is 24.2 Å². The zero-order chi connectivity index (χ0) is 12.6. The molecule has 0 bridgehead atoms. The molecule has 2 N–H and O–H groups in total. The molecule has 0 fully saturated rings. The van der Waals surface area contributed by atoms with Crippen LogP contribution in [0, 0.1) is 17.8 Å². The lowest BCUT2D eigenvalue weighted by Gasteiger charge is -2.23. The monoisotopic (exact) mass is 225 g/mol. The zero-order valence-corrected chi connectivity index (χ0v) is 9.88. The molecular formula is C12H19NO3. The van der Waals surface area contributed by atoms with Gasteiger partial charge in [0.05, 0.1) is 6.42 Å². The fourth-order valence-electron chi connectivity index (χ4n) is 1.27. The van der Waals surface area contributed by atoms with Crippen LogP contribution in [0.5, 0.6) is 0 Å². The summed E-state index contributed by atoms with van der Waals surface area (Å²) in [6, 6.07) is 0. The van der Waals surface area contributed by atoms with Crippen molar-refractivity contribution >= 4 is 11.9 Å². The third kappa shape index (κ3) is 7.86. The van der Waals surface area contributed by atoms with E-state index >= 15 is 0 Å². The Morgan fingerprint density at radius 2 is 2.00 bits per heavy atom. The van der Waals surface area contributed by atoms with Gasteiger partial charge in [-0.1, -0.05) is 19.8 Å². The molecule has 4 nitrogen and oxygen atoms in total. The van der Waals surface area contributed by atoms with Gasteiger partial charge in [0, 0.05) is 13.0 Å². The molecule has 0 spiro atoms. The summed E-state index contributed by atoms with van der Waals surface area (Å²) in [5, 5.41) is 11.3. The Kier molecular flexibility index (Phi) is 6.24. The number of carbonyl (C=O) groups excluding carboxylic acids is 1. The van der Waals surface area contributed by atoms with Crippen molar-refractivity contribution in [3.63, 3.8) is 0 Å². The van der Waals surface area contributed by atoms with Gasteiger partial charge >= 0.3 is 5.97 Å². The molecule has 1 amide bonds. The molecule has 90 valence electrons. The van der Waals surface area contributed by atoms with E-state index in [1.54, 1.807) is 0 Å². The quantitative estimate of drug-likeness (QED) is 0.644. The van der Waals surface area contributed by atoms with E-state index in [1.807, 2.05) is 13.8 Å². The van der Waals surface area contributed by atoms with Crippen molar-refractivity contribution in [2.75, 3.05) is 6.54 Å². The number of aliphatic carboxylic acids is 1. The molecule has 0 unspecified atom stereocenters. The third-order valence-corrected chi connectivity index (χ3v) is 2.40. The minimum Gasteiger partial charge on any atom is -0.481 e. The highest BCUT2D eigenvalue weighted by molar-refractivity contribution is 5.78. The van der Waals surface area contributed by atoms with Gasteiger partial charge in [-0.05, 0) is 18.3 Å². The second-order valence-corrected chi connectivity index (χ2v) is 4.54. The van der Waals surface area contributed by atoms with E-state index in [4.69, 9.17) is 11.5 Å². The summed E-state index contributed by atoms with van der Waals surface area (Å²) in [7, 11) is 0. The first-order valence-electron chi connectivity index (χ1n) is 5.29. The average Bonchev–Trinajstić information content (AvgIpc) is 2.15. The zero-order valence-electron chi connectivity index (χ0n) is 9.88. The fraction of sp³-hybridized carbons (Fsp3) is 0.667. The van der Waals surface area contributed by atoms with Gasteiger partial charge in [0.25, 0.3) is 0 Å². The molecule has 16 heavy (non-hydrogen) atoms. The van der Waals surface area contributed by atoms with Crippen molar-refractivity contribution in [3.8, 4) is 12.3 Å². The number of amides is 1. The van der Waals surface area contributed by atoms with Crippen molar-refractivity contribution in [2.24, 2.45) is 5.41 Å². The Balaban J connectivity index is 3.78. The van der Waals surface area contributed by atoms with Crippen LogP contribution in [0.25, 0.3) is 0 Å². The lowest BCUT2D eigenvalue weighted by molar-refractivity contribution is -0.137. The molecule has 0 rings (SSSR count). The van der Waals surface area contributed by atoms with Crippen LogP contribution >= 0.6 is 0 Å². The number of rotatable bonds is 7. The molecular weight excluding hydrogens is 206 g/mol. The number of nitrogens with one attached hydrogen (secondary N) is 1. The first-order chi connectivity index (χ1) is 7.37. The highest BCUT2D eigenvalue weighted by Crippen LogP contribution is 2.25. The molecule has 0 atom stereocenters. The summed E-state index contributed by atoms with van der Waals surface area (Å²) in [6.45, 7) is 4.51. The van der Waals surface area contributed by atoms with Crippen molar-refractivity contribution in [1.82, 2.24) is 5.32 Å².